The molecule has 1 N–H and O–H groups in total. The lowest BCUT2D eigenvalue weighted by molar-refractivity contribution is 0.399. The van der Waals surface area contributed by atoms with Gasteiger partial charge in [-0.3, -0.25) is 0 Å². The minimum Gasteiger partial charge on any atom is -0.400 e. The largest absolute Gasteiger partial charge is 0.400 e. The highest BCUT2D eigenvalue weighted by molar-refractivity contribution is 5.19. The van der Waals surface area contributed by atoms with Crippen LogP contribution in [0.15, 0.2) is 24.3 Å². The third kappa shape index (κ3) is 3.72. The molecule has 0 saturated carbocycles. The number of aliphatic hydroxyl groups is 1. The van der Waals surface area contributed by atoms with Crippen LogP contribution in [0.5, 0.6) is 0 Å². The van der Waals surface area contributed by atoms with Crippen LogP contribution >= 0.6 is 0 Å². The normalized spacial score (nSPS) is 22.1. The predicted molar refractivity (Wildman–Crippen MR) is 54.0 cm³/mol. The van der Waals surface area contributed by atoms with Gasteiger partial charge in [0.2, 0.25) is 0 Å². The third-order valence-corrected chi connectivity index (χ3v) is 2.23. The van der Waals surface area contributed by atoms with E-state index in [9.17, 15) is 0 Å². The summed E-state index contributed by atoms with van der Waals surface area (Å²) < 4.78 is 0. The molecular weight excluding hydrogens is 148 g/mol. The van der Waals surface area contributed by atoms with E-state index in [1.54, 1.807) is 0 Å². The molecule has 1 aliphatic carbocycles. The zero-order valence-electron chi connectivity index (χ0n) is 8.38. The summed E-state index contributed by atoms with van der Waals surface area (Å²) >= 11 is 0. The Balaban J connectivity index is 0.000000561. The summed E-state index contributed by atoms with van der Waals surface area (Å²) in [6.07, 6.45) is 6.97. The van der Waals surface area contributed by atoms with Crippen molar-refractivity contribution in [3.05, 3.63) is 24.3 Å². The fourth-order valence-electron chi connectivity index (χ4n) is 1.35. The van der Waals surface area contributed by atoms with Crippen LogP contribution < -0.4 is 0 Å². The van der Waals surface area contributed by atoms with E-state index in [2.05, 4.69) is 32.6 Å². The summed E-state index contributed by atoms with van der Waals surface area (Å²) in [5.74, 6) is 1.59. The number of hydrogen-bond acceptors (Lipinski definition) is 1. The molecule has 0 fully saturated rings. The van der Waals surface area contributed by atoms with Gasteiger partial charge in [0, 0.05) is 7.11 Å². The van der Waals surface area contributed by atoms with E-state index in [1.165, 1.54) is 18.4 Å². The minimum absolute atomic E-state index is 0.796. The maximum absolute atomic E-state index is 7.00. The van der Waals surface area contributed by atoms with E-state index in [1.807, 2.05) is 0 Å². The summed E-state index contributed by atoms with van der Waals surface area (Å²) in [6, 6.07) is 0. The molecule has 0 saturated heterocycles. The molecule has 0 bridgehead atoms. The molecular formula is C11H20O. The molecule has 0 radical (unpaired) electrons. The predicted octanol–water partition coefficient (Wildman–Crippen LogP) is 2.77. The van der Waals surface area contributed by atoms with Gasteiger partial charge >= 0.3 is 0 Å². The lowest BCUT2D eigenvalue weighted by atomic mass is 9.85. The Kier molecular flexibility index (Phi) is 5.73. The van der Waals surface area contributed by atoms with Crippen molar-refractivity contribution in [1.29, 1.82) is 0 Å². The molecule has 0 heterocycles. The number of aliphatic hydroxyl groups excluding tert-OH is 1. The SMILES string of the molecule is C=C1C=CC(C(C)C)CC1.CO. The quantitative estimate of drug-likeness (QED) is 0.638. The van der Waals surface area contributed by atoms with Crippen LogP contribution in [0.2, 0.25) is 0 Å². The van der Waals surface area contributed by atoms with Crippen LogP contribution in [-0.2, 0) is 0 Å². The molecule has 0 aliphatic heterocycles. The smallest absolute Gasteiger partial charge is 0.0319 e. The monoisotopic (exact) mass is 168 g/mol. The summed E-state index contributed by atoms with van der Waals surface area (Å²) in [5, 5.41) is 7.00. The Hall–Kier alpha value is -0.560. The highest BCUT2D eigenvalue weighted by atomic mass is 16.2. The Morgan fingerprint density at radius 3 is 2.42 bits per heavy atom. The van der Waals surface area contributed by atoms with Crippen molar-refractivity contribution in [2.45, 2.75) is 26.7 Å². The van der Waals surface area contributed by atoms with E-state index in [4.69, 9.17) is 5.11 Å². The molecule has 0 amide bonds. The number of hydrogen-bond donors (Lipinski definition) is 1. The third-order valence-electron chi connectivity index (χ3n) is 2.23. The van der Waals surface area contributed by atoms with Gasteiger partial charge in [0.1, 0.15) is 0 Å². The lowest BCUT2D eigenvalue weighted by Gasteiger charge is -2.20. The van der Waals surface area contributed by atoms with Crippen molar-refractivity contribution in [3.63, 3.8) is 0 Å². The van der Waals surface area contributed by atoms with Gasteiger partial charge in [-0.1, -0.05) is 38.2 Å². The molecule has 1 rings (SSSR count). The fourth-order valence-corrected chi connectivity index (χ4v) is 1.35. The van der Waals surface area contributed by atoms with Gasteiger partial charge in [-0.05, 0) is 24.7 Å². The van der Waals surface area contributed by atoms with E-state index < -0.39 is 0 Å². The lowest BCUT2D eigenvalue weighted by Crippen LogP contribution is -2.08. The standard InChI is InChI=1S/C10H16.CH4O/c1-8(2)10-6-4-9(3)5-7-10;1-2/h4,6,8,10H,3,5,7H2,1-2H3;2H,1H3. The molecule has 70 valence electrons. The van der Waals surface area contributed by atoms with Gasteiger partial charge in [0.05, 0.1) is 0 Å². The maximum Gasteiger partial charge on any atom is 0.0319 e. The van der Waals surface area contributed by atoms with E-state index in [0.717, 1.165) is 18.9 Å². The van der Waals surface area contributed by atoms with Crippen LogP contribution in [0.3, 0.4) is 0 Å². The molecule has 1 nitrogen and oxygen atoms in total. The number of allylic oxidation sites excluding steroid dienone is 3. The van der Waals surface area contributed by atoms with Gasteiger partial charge in [0.15, 0.2) is 0 Å². The highest BCUT2D eigenvalue weighted by Crippen LogP contribution is 2.25. The first-order valence-corrected chi connectivity index (χ1v) is 4.51. The van der Waals surface area contributed by atoms with Gasteiger partial charge in [0.25, 0.3) is 0 Å². The minimum atomic E-state index is 0.796. The van der Waals surface area contributed by atoms with Gasteiger partial charge in [-0.25, -0.2) is 0 Å². The first kappa shape index (κ1) is 11.4. The van der Waals surface area contributed by atoms with E-state index in [0.29, 0.717) is 0 Å². The summed E-state index contributed by atoms with van der Waals surface area (Å²) in [7, 11) is 1.00. The van der Waals surface area contributed by atoms with Gasteiger partial charge in [-0.15, -0.1) is 0 Å². The van der Waals surface area contributed by atoms with Crippen LogP contribution in [0, 0.1) is 11.8 Å². The molecule has 1 unspecified atom stereocenters. The molecule has 0 aromatic carbocycles. The molecule has 0 spiro atoms. The zero-order chi connectivity index (χ0) is 9.56. The summed E-state index contributed by atoms with van der Waals surface area (Å²) in [5.41, 5.74) is 1.29. The van der Waals surface area contributed by atoms with E-state index >= 15 is 0 Å². The van der Waals surface area contributed by atoms with Crippen molar-refractivity contribution in [3.8, 4) is 0 Å². The van der Waals surface area contributed by atoms with Crippen molar-refractivity contribution in [1.82, 2.24) is 0 Å². The van der Waals surface area contributed by atoms with E-state index in [-0.39, 0.29) is 0 Å². The average molecular weight is 168 g/mol. The van der Waals surface area contributed by atoms with Crippen molar-refractivity contribution < 1.29 is 5.11 Å². The topological polar surface area (TPSA) is 20.2 Å². The van der Waals surface area contributed by atoms with Gasteiger partial charge in [-0.2, -0.15) is 0 Å². The molecule has 1 heteroatoms. The highest BCUT2D eigenvalue weighted by Gasteiger charge is 2.12. The molecule has 1 atom stereocenters. The van der Waals surface area contributed by atoms with Gasteiger partial charge < -0.3 is 5.11 Å². The molecule has 12 heavy (non-hydrogen) atoms. The van der Waals surface area contributed by atoms with Crippen LogP contribution in [0.4, 0.5) is 0 Å². The Labute approximate surface area is 75.8 Å². The first-order chi connectivity index (χ1) is 5.70. The second-order valence-electron chi connectivity index (χ2n) is 3.46. The molecule has 0 aromatic rings. The van der Waals surface area contributed by atoms with Crippen LogP contribution in [-0.4, -0.2) is 12.2 Å². The second-order valence-corrected chi connectivity index (χ2v) is 3.46. The zero-order valence-corrected chi connectivity index (χ0v) is 8.38. The van der Waals surface area contributed by atoms with Crippen LogP contribution in [0.25, 0.3) is 0 Å². The maximum atomic E-state index is 7.00. The number of rotatable bonds is 1. The Bertz CT molecular complexity index is 156. The summed E-state index contributed by atoms with van der Waals surface area (Å²) in [4.78, 5) is 0. The fraction of sp³-hybridized carbons (Fsp3) is 0.636. The molecule has 1 aliphatic rings. The Morgan fingerprint density at radius 2 is 2.08 bits per heavy atom. The van der Waals surface area contributed by atoms with Crippen molar-refractivity contribution >= 4 is 0 Å². The average Bonchev–Trinajstić information content (AvgIpc) is 2.09. The Morgan fingerprint density at radius 1 is 1.50 bits per heavy atom. The van der Waals surface area contributed by atoms with Crippen molar-refractivity contribution in [2.75, 3.05) is 7.11 Å². The first-order valence-electron chi connectivity index (χ1n) is 4.51. The molecule has 0 aromatic heterocycles. The van der Waals surface area contributed by atoms with Crippen LogP contribution in [0.1, 0.15) is 26.7 Å². The summed E-state index contributed by atoms with van der Waals surface area (Å²) in [6.45, 7) is 8.48. The van der Waals surface area contributed by atoms with Crippen molar-refractivity contribution in [2.24, 2.45) is 11.8 Å². The second kappa shape index (κ2) is 6.01.